The molecular formula is C19H23N7O2. The molecular weight excluding hydrogens is 358 g/mol. The maximum atomic E-state index is 11.8. The van der Waals surface area contributed by atoms with Crippen molar-refractivity contribution < 1.29 is 4.92 Å². The van der Waals surface area contributed by atoms with Crippen LogP contribution in [0.1, 0.15) is 18.9 Å². The molecule has 1 aromatic carbocycles. The van der Waals surface area contributed by atoms with Gasteiger partial charge < -0.3 is 14.8 Å². The molecule has 1 N–H and O–H groups in total. The fraction of sp³-hybridized carbons (Fsp3) is 0.316. The van der Waals surface area contributed by atoms with Gasteiger partial charge in [0.1, 0.15) is 6.33 Å². The average Bonchev–Trinajstić information content (AvgIpc) is 3.19. The number of nitrogens with one attached hydrogen (secondary N) is 1. The van der Waals surface area contributed by atoms with E-state index in [4.69, 9.17) is 0 Å². The number of hydrogen-bond acceptors (Lipinski definition) is 7. The van der Waals surface area contributed by atoms with Crippen molar-refractivity contribution in [2.45, 2.75) is 26.8 Å². The van der Waals surface area contributed by atoms with Gasteiger partial charge in [0.2, 0.25) is 11.6 Å². The van der Waals surface area contributed by atoms with E-state index in [0.717, 1.165) is 24.2 Å². The van der Waals surface area contributed by atoms with Crippen LogP contribution in [0.2, 0.25) is 0 Å². The molecule has 28 heavy (non-hydrogen) atoms. The van der Waals surface area contributed by atoms with Gasteiger partial charge in [-0.1, -0.05) is 12.1 Å². The first kappa shape index (κ1) is 19.3. The van der Waals surface area contributed by atoms with Crippen molar-refractivity contribution in [2.75, 3.05) is 23.3 Å². The van der Waals surface area contributed by atoms with Gasteiger partial charge in [-0.2, -0.15) is 0 Å². The van der Waals surface area contributed by atoms with Crippen molar-refractivity contribution in [3.8, 4) is 0 Å². The minimum absolute atomic E-state index is 0.117. The topological polar surface area (TPSA) is 102 Å². The van der Waals surface area contributed by atoms with Crippen molar-refractivity contribution >= 4 is 23.0 Å². The summed E-state index contributed by atoms with van der Waals surface area (Å²) in [6.45, 7) is 5.78. The molecule has 0 unspecified atom stereocenters. The summed E-state index contributed by atoms with van der Waals surface area (Å²) in [4.78, 5) is 25.6. The van der Waals surface area contributed by atoms with Crippen LogP contribution in [0.25, 0.3) is 0 Å². The number of aromatic nitrogens is 4. The molecule has 0 fully saturated rings. The maximum Gasteiger partial charge on any atom is 0.353 e. The highest BCUT2D eigenvalue weighted by atomic mass is 16.6. The number of nitrogens with zero attached hydrogens (tertiary/aromatic N) is 6. The zero-order valence-corrected chi connectivity index (χ0v) is 15.9. The third-order valence-corrected chi connectivity index (χ3v) is 4.32. The molecule has 0 aliphatic heterocycles. The van der Waals surface area contributed by atoms with E-state index < -0.39 is 4.92 Å². The number of aryl methyl sites for hydroxylation is 2. The monoisotopic (exact) mass is 381 g/mol. The van der Waals surface area contributed by atoms with Gasteiger partial charge in [0.15, 0.2) is 0 Å². The highest BCUT2D eigenvalue weighted by Crippen LogP contribution is 2.35. The first-order chi connectivity index (χ1) is 13.6. The van der Waals surface area contributed by atoms with Gasteiger partial charge in [0.05, 0.1) is 11.3 Å². The molecule has 3 aromatic rings. The summed E-state index contributed by atoms with van der Waals surface area (Å²) in [6.07, 6.45) is 7.49. The summed E-state index contributed by atoms with van der Waals surface area (Å²) < 4.78 is 1.96. The second kappa shape index (κ2) is 8.94. The summed E-state index contributed by atoms with van der Waals surface area (Å²) in [7, 11) is 0. The maximum absolute atomic E-state index is 11.8. The molecule has 9 heteroatoms. The number of benzene rings is 1. The molecule has 0 amide bonds. The number of nitro groups is 1. The summed E-state index contributed by atoms with van der Waals surface area (Å²) >= 11 is 0. The largest absolute Gasteiger partial charge is 0.364 e. The minimum atomic E-state index is -0.425. The molecule has 0 aliphatic rings. The molecule has 0 bridgehead atoms. The Hall–Kier alpha value is -3.49. The number of anilines is 3. The number of rotatable bonds is 9. The predicted molar refractivity (Wildman–Crippen MR) is 108 cm³/mol. The van der Waals surface area contributed by atoms with E-state index in [9.17, 15) is 10.1 Å². The van der Waals surface area contributed by atoms with Crippen LogP contribution in [0.4, 0.5) is 23.0 Å². The Morgan fingerprint density at radius 3 is 2.86 bits per heavy atom. The van der Waals surface area contributed by atoms with Crippen molar-refractivity contribution in [1.29, 1.82) is 0 Å². The van der Waals surface area contributed by atoms with Crippen LogP contribution in [0.5, 0.6) is 0 Å². The lowest BCUT2D eigenvalue weighted by Gasteiger charge is -2.22. The Morgan fingerprint density at radius 1 is 1.32 bits per heavy atom. The van der Waals surface area contributed by atoms with Gasteiger partial charge in [0.25, 0.3) is 0 Å². The SMILES string of the molecule is CCN(c1cccc(C)c1)c1ncnc(NCCCn2ccnc2)c1[N+](=O)[O-]. The van der Waals surface area contributed by atoms with Crippen molar-refractivity contribution in [3.05, 3.63) is 65.0 Å². The van der Waals surface area contributed by atoms with Crippen LogP contribution in [0.15, 0.2) is 49.3 Å². The van der Waals surface area contributed by atoms with E-state index in [1.807, 2.05) is 53.8 Å². The molecule has 0 atom stereocenters. The second-order valence-electron chi connectivity index (χ2n) is 6.32. The van der Waals surface area contributed by atoms with Gasteiger partial charge >= 0.3 is 5.69 Å². The summed E-state index contributed by atoms with van der Waals surface area (Å²) in [5.74, 6) is 0.511. The van der Waals surface area contributed by atoms with Gasteiger partial charge in [-0.05, 0) is 38.0 Å². The zero-order valence-electron chi connectivity index (χ0n) is 15.9. The van der Waals surface area contributed by atoms with Crippen LogP contribution < -0.4 is 10.2 Å². The van der Waals surface area contributed by atoms with Crippen molar-refractivity contribution in [1.82, 2.24) is 19.5 Å². The standard InChI is InChI=1S/C19H23N7O2/c1-3-25(16-7-4-6-15(2)12-16)19-17(26(27)28)18(22-13-23-19)21-8-5-10-24-11-9-20-14-24/h4,6-7,9,11-14H,3,5,8,10H2,1-2H3,(H,21,22,23). The normalized spacial score (nSPS) is 10.6. The molecule has 0 saturated carbocycles. The van der Waals surface area contributed by atoms with E-state index >= 15 is 0 Å². The fourth-order valence-corrected chi connectivity index (χ4v) is 3.00. The van der Waals surface area contributed by atoms with Crippen molar-refractivity contribution in [2.24, 2.45) is 0 Å². The van der Waals surface area contributed by atoms with Crippen LogP contribution in [0.3, 0.4) is 0 Å². The van der Waals surface area contributed by atoms with E-state index in [1.54, 1.807) is 12.5 Å². The van der Waals surface area contributed by atoms with Crippen LogP contribution in [-0.4, -0.2) is 37.5 Å². The number of hydrogen-bond donors (Lipinski definition) is 1. The average molecular weight is 381 g/mol. The first-order valence-corrected chi connectivity index (χ1v) is 9.13. The van der Waals surface area contributed by atoms with Crippen molar-refractivity contribution in [3.63, 3.8) is 0 Å². The van der Waals surface area contributed by atoms with Gasteiger partial charge in [0, 0.05) is 37.7 Å². The number of imidazole rings is 1. The van der Waals surface area contributed by atoms with E-state index in [0.29, 0.717) is 13.1 Å². The van der Waals surface area contributed by atoms with Crippen LogP contribution in [-0.2, 0) is 6.54 Å². The second-order valence-corrected chi connectivity index (χ2v) is 6.32. The predicted octanol–water partition coefficient (Wildman–Crippen LogP) is 3.55. The smallest absolute Gasteiger partial charge is 0.353 e. The molecule has 2 aromatic heterocycles. The lowest BCUT2D eigenvalue weighted by atomic mass is 10.2. The van der Waals surface area contributed by atoms with Gasteiger partial charge in [-0.15, -0.1) is 0 Å². The molecule has 0 saturated heterocycles. The summed E-state index contributed by atoms with van der Waals surface area (Å²) in [5.41, 5.74) is 1.81. The molecule has 9 nitrogen and oxygen atoms in total. The zero-order chi connectivity index (χ0) is 19.9. The quantitative estimate of drug-likeness (QED) is 0.343. The Bertz CT molecular complexity index is 928. The highest BCUT2D eigenvalue weighted by molar-refractivity contribution is 5.75. The Morgan fingerprint density at radius 2 is 2.18 bits per heavy atom. The van der Waals surface area contributed by atoms with E-state index in [2.05, 4.69) is 20.3 Å². The third kappa shape index (κ3) is 4.43. The van der Waals surface area contributed by atoms with E-state index in [-0.39, 0.29) is 17.3 Å². The molecule has 2 heterocycles. The highest BCUT2D eigenvalue weighted by Gasteiger charge is 2.27. The Balaban J connectivity index is 1.83. The van der Waals surface area contributed by atoms with Crippen LogP contribution >= 0.6 is 0 Å². The Kier molecular flexibility index (Phi) is 6.15. The van der Waals surface area contributed by atoms with Gasteiger partial charge in [-0.25, -0.2) is 15.0 Å². The Labute approximate surface area is 163 Å². The lowest BCUT2D eigenvalue weighted by molar-refractivity contribution is -0.383. The van der Waals surface area contributed by atoms with E-state index in [1.165, 1.54) is 6.33 Å². The van der Waals surface area contributed by atoms with Gasteiger partial charge in [-0.3, -0.25) is 10.1 Å². The molecule has 3 rings (SSSR count). The molecule has 0 radical (unpaired) electrons. The van der Waals surface area contributed by atoms with Crippen LogP contribution in [0, 0.1) is 17.0 Å². The first-order valence-electron chi connectivity index (χ1n) is 9.13. The molecule has 0 spiro atoms. The minimum Gasteiger partial charge on any atom is -0.364 e. The fourth-order valence-electron chi connectivity index (χ4n) is 3.00. The third-order valence-electron chi connectivity index (χ3n) is 4.32. The molecule has 146 valence electrons. The summed E-state index contributed by atoms with van der Waals surface area (Å²) in [6, 6.07) is 7.81. The summed E-state index contributed by atoms with van der Waals surface area (Å²) in [5, 5.41) is 14.9. The lowest BCUT2D eigenvalue weighted by Crippen LogP contribution is -2.20. The molecule has 0 aliphatic carbocycles.